The standard InChI is InChI=1S/C13H28N4O2S/c1-3-16-9-11-17(12-10-16)20(18,19)15(2)8-4-7-14-13-5-6-13/h13-14H,3-12H2,1-2H3. The molecule has 1 saturated carbocycles. The predicted octanol–water partition coefficient (Wildman–Crippen LogP) is -0.0574. The normalized spacial score (nSPS) is 22.6. The summed E-state index contributed by atoms with van der Waals surface area (Å²) in [5, 5.41) is 3.41. The van der Waals surface area contributed by atoms with Gasteiger partial charge in [-0.1, -0.05) is 6.92 Å². The summed E-state index contributed by atoms with van der Waals surface area (Å²) in [7, 11) is -1.57. The molecule has 0 unspecified atom stereocenters. The van der Waals surface area contributed by atoms with Crippen LogP contribution in [0.2, 0.25) is 0 Å². The number of hydrogen-bond donors (Lipinski definition) is 1. The summed E-state index contributed by atoms with van der Waals surface area (Å²) in [6, 6.07) is 0.694. The fourth-order valence-electron chi connectivity index (χ4n) is 2.48. The second-order valence-electron chi connectivity index (χ2n) is 5.74. The van der Waals surface area contributed by atoms with Crippen molar-refractivity contribution in [1.82, 2.24) is 18.8 Å². The first kappa shape index (κ1) is 16.2. The molecule has 0 amide bonds. The third-order valence-corrected chi connectivity index (χ3v) is 6.15. The van der Waals surface area contributed by atoms with Gasteiger partial charge in [0, 0.05) is 45.8 Å². The van der Waals surface area contributed by atoms with Crippen LogP contribution in [0, 0.1) is 0 Å². The molecule has 1 N–H and O–H groups in total. The maximum Gasteiger partial charge on any atom is 0.281 e. The van der Waals surface area contributed by atoms with Crippen molar-refractivity contribution >= 4 is 10.2 Å². The van der Waals surface area contributed by atoms with E-state index in [1.807, 2.05) is 0 Å². The van der Waals surface area contributed by atoms with Crippen LogP contribution in [-0.2, 0) is 10.2 Å². The molecule has 2 rings (SSSR count). The molecule has 0 aromatic carbocycles. The molecular weight excluding hydrogens is 276 g/mol. The smallest absolute Gasteiger partial charge is 0.281 e. The molecule has 20 heavy (non-hydrogen) atoms. The molecule has 0 aromatic heterocycles. The van der Waals surface area contributed by atoms with E-state index in [1.165, 1.54) is 17.1 Å². The van der Waals surface area contributed by atoms with Crippen molar-refractivity contribution in [3.8, 4) is 0 Å². The van der Waals surface area contributed by atoms with Crippen LogP contribution in [0.4, 0.5) is 0 Å². The van der Waals surface area contributed by atoms with Gasteiger partial charge >= 0.3 is 0 Å². The lowest BCUT2D eigenvalue weighted by molar-refractivity contribution is 0.190. The number of piperazine rings is 1. The zero-order valence-corrected chi connectivity index (χ0v) is 13.5. The van der Waals surface area contributed by atoms with Gasteiger partial charge in [-0.15, -0.1) is 0 Å². The Bertz CT molecular complexity index is 389. The Morgan fingerprint density at radius 3 is 2.40 bits per heavy atom. The minimum atomic E-state index is -3.27. The SMILES string of the molecule is CCN1CCN(S(=O)(=O)N(C)CCCNC2CC2)CC1. The molecule has 2 fully saturated rings. The van der Waals surface area contributed by atoms with Crippen molar-refractivity contribution in [3.05, 3.63) is 0 Å². The fraction of sp³-hybridized carbons (Fsp3) is 1.00. The summed E-state index contributed by atoms with van der Waals surface area (Å²) in [6.45, 7) is 7.52. The number of likely N-dealkylation sites (N-methyl/N-ethyl adjacent to an activating group) is 1. The summed E-state index contributed by atoms with van der Waals surface area (Å²) in [5.74, 6) is 0. The van der Waals surface area contributed by atoms with Gasteiger partial charge in [0.1, 0.15) is 0 Å². The molecule has 0 spiro atoms. The molecule has 0 aromatic rings. The number of rotatable bonds is 8. The minimum absolute atomic E-state index is 0.593. The van der Waals surface area contributed by atoms with E-state index in [0.717, 1.165) is 32.6 Å². The largest absolute Gasteiger partial charge is 0.314 e. The molecule has 1 saturated heterocycles. The quantitative estimate of drug-likeness (QED) is 0.639. The van der Waals surface area contributed by atoms with E-state index in [1.54, 1.807) is 11.4 Å². The lowest BCUT2D eigenvalue weighted by Crippen LogP contribution is -2.52. The summed E-state index contributed by atoms with van der Waals surface area (Å²) in [4.78, 5) is 2.28. The van der Waals surface area contributed by atoms with E-state index in [0.29, 0.717) is 25.7 Å². The van der Waals surface area contributed by atoms with Crippen molar-refractivity contribution in [2.45, 2.75) is 32.2 Å². The Kier molecular flexibility index (Phi) is 5.80. The van der Waals surface area contributed by atoms with Crippen LogP contribution in [0.15, 0.2) is 0 Å². The highest BCUT2D eigenvalue weighted by atomic mass is 32.2. The van der Waals surface area contributed by atoms with Crippen molar-refractivity contribution in [2.75, 3.05) is 52.9 Å². The topological polar surface area (TPSA) is 55.9 Å². The molecule has 0 atom stereocenters. The molecule has 0 radical (unpaired) electrons. The average Bonchev–Trinajstić information content (AvgIpc) is 3.27. The Morgan fingerprint density at radius 1 is 1.20 bits per heavy atom. The highest BCUT2D eigenvalue weighted by molar-refractivity contribution is 7.86. The Balaban J connectivity index is 1.73. The van der Waals surface area contributed by atoms with E-state index in [9.17, 15) is 8.42 Å². The van der Waals surface area contributed by atoms with Crippen molar-refractivity contribution < 1.29 is 8.42 Å². The monoisotopic (exact) mass is 304 g/mol. The van der Waals surface area contributed by atoms with Gasteiger partial charge in [-0.2, -0.15) is 17.0 Å². The third kappa shape index (κ3) is 4.39. The lowest BCUT2D eigenvalue weighted by atomic mass is 10.4. The molecule has 7 heteroatoms. The van der Waals surface area contributed by atoms with E-state index in [2.05, 4.69) is 17.1 Å². The third-order valence-electron chi connectivity index (χ3n) is 4.16. The molecule has 2 aliphatic rings. The number of nitrogens with one attached hydrogen (secondary N) is 1. The highest BCUT2D eigenvalue weighted by Gasteiger charge is 2.29. The highest BCUT2D eigenvalue weighted by Crippen LogP contribution is 2.18. The van der Waals surface area contributed by atoms with Crippen molar-refractivity contribution in [1.29, 1.82) is 0 Å². The van der Waals surface area contributed by atoms with Crippen LogP contribution in [0.1, 0.15) is 26.2 Å². The van der Waals surface area contributed by atoms with Gasteiger partial charge in [0.05, 0.1) is 0 Å². The number of nitrogens with zero attached hydrogens (tertiary/aromatic N) is 3. The van der Waals surface area contributed by atoms with Gasteiger partial charge in [-0.3, -0.25) is 0 Å². The fourth-order valence-corrected chi connectivity index (χ4v) is 3.86. The van der Waals surface area contributed by atoms with Crippen molar-refractivity contribution in [3.63, 3.8) is 0 Å². The predicted molar refractivity (Wildman–Crippen MR) is 80.9 cm³/mol. The first-order valence-electron chi connectivity index (χ1n) is 7.71. The molecular formula is C13H28N4O2S. The summed E-state index contributed by atoms with van der Waals surface area (Å²) in [5.41, 5.74) is 0. The molecule has 1 heterocycles. The van der Waals surface area contributed by atoms with Crippen molar-refractivity contribution in [2.24, 2.45) is 0 Å². The summed E-state index contributed by atoms with van der Waals surface area (Å²) >= 11 is 0. The van der Waals surface area contributed by atoms with E-state index >= 15 is 0 Å². The lowest BCUT2D eigenvalue weighted by Gasteiger charge is -2.35. The van der Waals surface area contributed by atoms with Crippen LogP contribution in [-0.4, -0.2) is 80.8 Å². The number of hydrogen-bond acceptors (Lipinski definition) is 4. The van der Waals surface area contributed by atoms with Gasteiger partial charge in [0.2, 0.25) is 0 Å². The first-order chi connectivity index (χ1) is 9.54. The molecule has 1 aliphatic heterocycles. The van der Waals surface area contributed by atoms with E-state index < -0.39 is 10.2 Å². The zero-order chi connectivity index (χ0) is 14.6. The molecule has 0 bridgehead atoms. The van der Waals surface area contributed by atoms with Gasteiger partial charge in [-0.25, -0.2) is 0 Å². The molecule has 1 aliphatic carbocycles. The second-order valence-corrected chi connectivity index (χ2v) is 7.78. The van der Waals surface area contributed by atoms with Gasteiger partial charge in [0.15, 0.2) is 0 Å². The Morgan fingerprint density at radius 2 is 1.85 bits per heavy atom. The molecule has 118 valence electrons. The van der Waals surface area contributed by atoms with E-state index in [-0.39, 0.29) is 0 Å². The summed E-state index contributed by atoms with van der Waals surface area (Å²) < 4.78 is 28.0. The maximum atomic E-state index is 12.4. The Labute approximate surface area is 123 Å². The second kappa shape index (κ2) is 7.17. The minimum Gasteiger partial charge on any atom is -0.314 e. The Hall–Kier alpha value is -0.210. The van der Waals surface area contributed by atoms with Crippen LogP contribution < -0.4 is 5.32 Å². The first-order valence-corrected chi connectivity index (χ1v) is 9.11. The van der Waals surface area contributed by atoms with Gasteiger partial charge in [0.25, 0.3) is 10.2 Å². The maximum absolute atomic E-state index is 12.4. The van der Waals surface area contributed by atoms with Gasteiger partial charge in [-0.05, 0) is 32.4 Å². The van der Waals surface area contributed by atoms with Crippen LogP contribution in [0.5, 0.6) is 0 Å². The van der Waals surface area contributed by atoms with Crippen LogP contribution in [0.3, 0.4) is 0 Å². The van der Waals surface area contributed by atoms with Crippen LogP contribution in [0.25, 0.3) is 0 Å². The van der Waals surface area contributed by atoms with E-state index in [4.69, 9.17) is 0 Å². The summed E-state index contributed by atoms with van der Waals surface area (Å²) in [6.07, 6.45) is 3.42. The van der Waals surface area contributed by atoms with Gasteiger partial charge < -0.3 is 10.2 Å². The zero-order valence-electron chi connectivity index (χ0n) is 12.7. The average molecular weight is 304 g/mol. The molecule has 6 nitrogen and oxygen atoms in total. The van der Waals surface area contributed by atoms with Crippen LogP contribution >= 0.6 is 0 Å².